The van der Waals surface area contributed by atoms with Gasteiger partial charge in [-0.2, -0.15) is 0 Å². The molecule has 1 heterocycles. The van der Waals surface area contributed by atoms with Gasteiger partial charge in [0, 0.05) is 21.7 Å². The highest BCUT2D eigenvalue weighted by atomic mass is 32.1. The minimum atomic E-state index is 0.00111. The first-order valence-corrected chi connectivity index (χ1v) is 7.65. The lowest BCUT2D eigenvalue weighted by molar-refractivity contribution is 0.0998. The number of hydrogen-bond acceptors (Lipinski definition) is 2. The van der Waals surface area contributed by atoms with Gasteiger partial charge in [-0.1, -0.05) is 33.6 Å². The van der Waals surface area contributed by atoms with Crippen LogP contribution in [0.3, 0.4) is 0 Å². The molecule has 0 bridgehead atoms. The summed E-state index contributed by atoms with van der Waals surface area (Å²) in [6.45, 7) is 6.92. The molecule has 1 aliphatic rings. The maximum absolute atomic E-state index is 6.73. The predicted molar refractivity (Wildman–Crippen MR) is 76.6 cm³/mol. The summed E-state index contributed by atoms with van der Waals surface area (Å²) in [5, 5.41) is 0. The average molecular weight is 251 g/mol. The molecule has 2 rings (SSSR count). The third-order valence-corrected chi connectivity index (χ3v) is 5.81. The van der Waals surface area contributed by atoms with E-state index in [-0.39, 0.29) is 11.0 Å². The lowest BCUT2D eigenvalue weighted by Crippen LogP contribution is -2.56. The summed E-state index contributed by atoms with van der Waals surface area (Å²) in [7, 11) is 0. The van der Waals surface area contributed by atoms with Crippen molar-refractivity contribution in [1.82, 2.24) is 0 Å². The van der Waals surface area contributed by atoms with Crippen LogP contribution in [0.25, 0.3) is 0 Å². The van der Waals surface area contributed by atoms with E-state index in [9.17, 15) is 0 Å². The largest absolute Gasteiger partial charge is 0.324 e. The van der Waals surface area contributed by atoms with Crippen LogP contribution in [-0.2, 0) is 12.8 Å². The van der Waals surface area contributed by atoms with Crippen LogP contribution >= 0.6 is 11.3 Å². The third-order valence-electron chi connectivity index (χ3n) is 4.58. The minimum absolute atomic E-state index is 0.00111. The number of thiophene rings is 1. The van der Waals surface area contributed by atoms with Crippen LogP contribution in [0.1, 0.15) is 56.2 Å². The van der Waals surface area contributed by atoms with Crippen molar-refractivity contribution in [1.29, 1.82) is 0 Å². The maximum Gasteiger partial charge on any atom is 0.0254 e. The van der Waals surface area contributed by atoms with Gasteiger partial charge in [0.25, 0.3) is 0 Å². The second-order valence-corrected chi connectivity index (χ2v) is 7.40. The van der Waals surface area contributed by atoms with Crippen molar-refractivity contribution < 1.29 is 0 Å². The molecule has 0 radical (unpaired) electrons. The molecule has 0 amide bonds. The molecule has 0 saturated heterocycles. The van der Waals surface area contributed by atoms with Gasteiger partial charge in [-0.05, 0) is 36.8 Å². The second kappa shape index (κ2) is 4.74. The molecule has 2 N–H and O–H groups in total. The van der Waals surface area contributed by atoms with Crippen LogP contribution < -0.4 is 5.73 Å². The summed E-state index contributed by atoms with van der Waals surface area (Å²) >= 11 is 1.95. The molecular formula is C15H25NS. The van der Waals surface area contributed by atoms with E-state index in [0.29, 0.717) is 0 Å². The van der Waals surface area contributed by atoms with E-state index in [1.54, 1.807) is 0 Å². The van der Waals surface area contributed by atoms with E-state index < -0.39 is 0 Å². The molecule has 1 nitrogen and oxygen atoms in total. The molecular weight excluding hydrogens is 226 g/mol. The Bertz CT molecular complexity index is 380. The van der Waals surface area contributed by atoms with Crippen LogP contribution in [0, 0.1) is 5.41 Å². The van der Waals surface area contributed by atoms with Gasteiger partial charge in [0.05, 0.1) is 0 Å². The molecule has 1 unspecified atom stereocenters. The topological polar surface area (TPSA) is 26.0 Å². The van der Waals surface area contributed by atoms with Crippen LogP contribution in [0.2, 0.25) is 0 Å². The van der Waals surface area contributed by atoms with Crippen molar-refractivity contribution in [2.75, 3.05) is 0 Å². The molecule has 1 atom stereocenters. The van der Waals surface area contributed by atoms with Crippen LogP contribution in [-0.4, -0.2) is 5.54 Å². The number of rotatable bonds is 3. The van der Waals surface area contributed by atoms with Crippen LogP contribution in [0.15, 0.2) is 12.1 Å². The molecule has 1 aromatic rings. The van der Waals surface area contributed by atoms with E-state index in [4.69, 9.17) is 5.73 Å². The Morgan fingerprint density at radius 3 is 2.41 bits per heavy atom. The molecule has 1 saturated carbocycles. The van der Waals surface area contributed by atoms with Crippen molar-refractivity contribution in [2.24, 2.45) is 11.1 Å². The Kier molecular flexibility index (Phi) is 3.65. The van der Waals surface area contributed by atoms with Gasteiger partial charge in [-0.15, -0.1) is 11.3 Å². The fourth-order valence-electron chi connectivity index (χ4n) is 2.94. The molecule has 96 valence electrons. The lowest BCUT2D eigenvalue weighted by Gasteiger charge is -2.48. The fraction of sp³-hybridized carbons (Fsp3) is 0.733. The molecule has 17 heavy (non-hydrogen) atoms. The Balaban J connectivity index is 2.15. The number of nitrogens with two attached hydrogens (primary N) is 1. The van der Waals surface area contributed by atoms with Crippen LogP contribution in [0.5, 0.6) is 0 Å². The zero-order valence-corrected chi connectivity index (χ0v) is 12.2. The van der Waals surface area contributed by atoms with Crippen molar-refractivity contribution >= 4 is 11.3 Å². The summed E-state index contributed by atoms with van der Waals surface area (Å²) in [6.07, 6.45) is 7.30. The van der Waals surface area contributed by atoms with E-state index in [2.05, 4.69) is 32.9 Å². The van der Waals surface area contributed by atoms with Gasteiger partial charge in [-0.25, -0.2) is 0 Å². The zero-order chi connectivity index (χ0) is 12.5. The lowest BCUT2D eigenvalue weighted by atomic mass is 9.62. The van der Waals surface area contributed by atoms with Crippen molar-refractivity contribution in [3.8, 4) is 0 Å². The van der Waals surface area contributed by atoms with E-state index in [0.717, 1.165) is 12.8 Å². The molecule has 1 fully saturated rings. The Labute approximate surface area is 109 Å². The number of aryl methyl sites for hydroxylation is 1. The van der Waals surface area contributed by atoms with Gasteiger partial charge in [0.15, 0.2) is 0 Å². The third kappa shape index (κ3) is 2.58. The van der Waals surface area contributed by atoms with Gasteiger partial charge in [0.1, 0.15) is 0 Å². The SMILES string of the molecule is CCc1ccc(CC2(N)CCCCC2(C)C)s1. The summed E-state index contributed by atoms with van der Waals surface area (Å²) in [5.41, 5.74) is 7.01. The standard InChI is InChI=1S/C15H25NS/c1-4-12-7-8-13(17-12)11-15(16)10-6-5-9-14(15,2)3/h7-8H,4-6,9-11,16H2,1-3H3. The quantitative estimate of drug-likeness (QED) is 0.858. The smallest absolute Gasteiger partial charge is 0.0254 e. The fourth-order valence-corrected chi connectivity index (χ4v) is 4.02. The van der Waals surface area contributed by atoms with Gasteiger partial charge in [0.2, 0.25) is 0 Å². The van der Waals surface area contributed by atoms with Gasteiger partial charge < -0.3 is 5.73 Å². The first-order chi connectivity index (χ1) is 7.97. The first kappa shape index (κ1) is 13.1. The summed E-state index contributed by atoms with van der Waals surface area (Å²) in [5.74, 6) is 0. The highest BCUT2D eigenvalue weighted by Crippen LogP contribution is 2.44. The second-order valence-electron chi connectivity index (χ2n) is 6.15. The van der Waals surface area contributed by atoms with Crippen molar-refractivity contribution in [3.05, 3.63) is 21.9 Å². The van der Waals surface area contributed by atoms with E-state index in [1.165, 1.54) is 35.4 Å². The predicted octanol–water partition coefficient (Wildman–Crippen LogP) is 4.15. The zero-order valence-electron chi connectivity index (χ0n) is 11.4. The van der Waals surface area contributed by atoms with Gasteiger partial charge >= 0.3 is 0 Å². The normalized spacial score (nSPS) is 28.2. The maximum atomic E-state index is 6.73. The van der Waals surface area contributed by atoms with Crippen molar-refractivity contribution in [3.63, 3.8) is 0 Å². The summed E-state index contributed by atoms with van der Waals surface area (Å²) < 4.78 is 0. The van der Waals surface area contributed by atoms with E-state index in [1.807, 2.05) is 11.3 Å². The molecule has 2 heteroatoms. The minimum Gasteiger partial charge on any atom is -0.324 e. The van der Waals surface area contributed by atoms with Crippen LogP contribution in [0.4, 0.5) is 0 Å². The molecule has 0 spiro atoms. The molecule has 0 aliphatic heterocycles. The number of hydrogen-bond donors (Lipinski definition) is 1. The molecule has 1 aromatic heterocycles. The first-order valence-electron chi connectivity index (χ1n) is 6.83. The van der Waals surface area contributed by atoms with Crippen molar-refractivity contribution in [2.45, 2.75) is 64.8 Å². The molecule has 0 aromatic carbocycles. The monoisotopic (exact) mass is 251 g/mol. The molecule has 1 aliphatic carbocycles. The average Bonchev–Trinajstić information content (AvgIpc) is 2.70. The van der Waals surface area contributed by atoms with Gasteiger partial charge in [-0.3, -0.25) is 0 Å². The summed E-state index contributed by atoms with van der Waals surface area (Å²) in [4.78, 5) is 2.96. The van der Waals surface area contributed by atoms with E-state index >= 15 is 0 Å². The Morgan fingerprint density at radius 2 is 1.82 bits per heavy atom. The highest BCUT2D eigenvalue weighted by molar-refractivity contribution is 7.12. The Hall–Kier alpha value is -0.340. The summed E-state index contributed by atoms with van der Waals surface area (Å²) in [6, 6.07) is 4.54. The highest BCUT2D eigenvalue weighted by Gasteiger charge is 2.43. The Morgan fingerprint density at radius 1 is 1.18 bits per heavy atom.